The van der Waals surface area contributed by atoms with Crippen molar-refractivity contribution in [1.82, 2.24) is 10.2 Å². The van der Waals surface area contributed by atoms with Crippen molar-refractivity contribution in [1.29, 1.82) is 0 Å². The molecule has 1 unspecified atom stereocenters. The highest BCUT2D eigenvalue weighted by molar-refractivity contribution is 5.77. The van der Waals surface area contributed by atoms with E-state index in [0.29, 0.717) is 6.54 Å². The van der Waals surface area contributed by atoms with Crippen LogP contribution < -0.4 is 11.1 Å². The lowest BCUT2D eigenvalue weighted by Gasteiger charge is -2.34. The Morgan fingerprint density at radius 1 is 1.69 bits per heavy atom. The molecule has 13 heavy (non-hydrogen) atoms. The summed E-state index contributed by atoms with van der Waals surface area (Å²) in [6.45, 7) is 7.52. The fourth-order valence-corrected chi connectivity index (χ4v) is 1.70. The normalized spacial score (nSPS) is 23.5. The maximum atomic E-state index is 11.5. The van der Waals surface area contributed by atoms with E-state index in [4.69, 9.17) is 5.73 Å². The highest BCUT2D eigenvalue weighted by Crippen LogP contribution is 2.21. The van der Waals surface area contributed by atoms with Crippen molar-refractivity contribution in [3.8, 4) is 0 Å². The van der Waals surface area contributed by atoms with Crippen LogP contribution in [0.5, 0.6) is 0 Å². The lowest BCUT2D eigenvalue weighted by molar-refractivity contribution is 0.153. The summed E-state index contributed by atoms with van der Waals surface area (Å²) in [5.41, 5.74) is 5.38. The second kappa shape index (κ2) is 3.54. The molecule has 1 aliphatic heterocycles. The number of rotatable bonds is 3. The molecule has 1 saturated heterocycles. The lowest BCUT2D eigenvalue weighted by atomic mass is 9.98. The number of nitrogens with one attached hydrogen (secondary N) is 1. The Hall–Kier alpha value is -0.770. The number of amides is 2. The van der Waals surface area contributed by atoms with Gasteiger partial charge >= 0.3 is 6.03 Å². The standard InChI is InChI=1S/C9H19N3O/c1-7-6-12(8(13)11-7)9(2,3)4-5-10/h7H,4-6,10H2,1-3H3,(H,11,13). The van der Waals surface area contributed by atoms with Gasteiger partial charge in [0.05, 0.1) is 0 Å². The summed E-state index contributed by atoms with van der Waals surface area (Å²) >= 11 is 0. The van der Waals surface area contributed by atoms with E-state index < -0.39 is 0 Å². The summed E-state index contributed by atoms with van der Waals surface area (Å²) in [5.74, 6) is 0. The quantitative estimate of drug-likeness (QED) is 0.673. The van der Waals surface area contributed by atoms with E-state index in [2.05, 4.69) is 19.2 Å². The maximum Gasteiger partial charge on any atom is 0.318 e. The van der Waals surface area contributed by atoms with Gasteiger partial charge in [0.15, 0.2) is 0 Å². The fraction of sp³-hybridized carbons (Fsp3) is 0.889. The summed E-state index contributed by atoms with van der Waals surface area (Å²) in [5, 5.41) is 2.88. The summed E-state index contributed by atoms with van der Waals surface area (Å²) in [6, 6.07) is 0.287. The van der Waals surface area contributed by atoms with Crippen molar-refractivity contribution < 1.29 is 4.79 Å². The van der Waals surface area contributed by atoms with Crippen LogP contribution in [0.1, 0.15) is 27.2 Å². The topological polar surface area (TPSA) is 58.4 Å². The van der Waals surface area contributed by atoms with Gasteiger partial charge in [-0.3, -0.25) is 0 Å². The molecule has 0 aromatic rings. The van der Waals surface area contributed by atoms with Crippen molar-refractivity contribution >= 4 is 6.03 Å². The third-order valence-corrected chi connectivity index (χ3v) is 2.56. The Balaban J connectivity index is 2.65. The number of carbonyl (C=O) groups is 1. The molecule has 0 aromatic carbocycles. The van der Waals surface area contributed by atoms with Crippen molar-refractivity contribution in [2.75, 3.05) is 13.1 Å². The number of urea groups is 1. The van der Waals surface area contributed by atoms with Crippen LogP contribution in [0.4, 0.5) is 4.79 Å². The first-order valence-electron chi connectivity index (χ1n) is 4.75. The van der Waals surface area contributed by atoms with E-state index in [9.17, 15) is 4.79 Å². The van der Waals surface area contributed by atoms with Gasteiger partial charge < -0.3 is 16.0 Å². The number of nitrogens with two attached hydrogens (primary N) is 1. The molecule has 1 heterocycles. The first-order valence-corrected chi connectivity index (χ1v) is 4.75. The highest BCUT2D eigenvalue weighted by Gasteiger charge is 2.36. The molecule has 2 amide bonds. The predicted octanol–water partition coefficient (Wildman–Crippen LogP) is 0.528. The number of carbonyl (C=O) groups excluding carboxylic acids is 1. The first kappa shape index (κ1) is 10.3. The van der Waals surface area contributed by atoms with E-state index in [-0.39, 0.29) is 17.6 Å². The van der Waals surface area contributed by atoms with Crippen LogP contribution in [0.3, 0.4) is 0 Å². The van der Waals surface area contributed by atoms with Gasteiger partial charge in [-0.25, -0.2) is 4.79 Å². The van der Waals surface area contributed by atoms with E-state index in [1.165, 1.54) is 0 Å². The first-order chi connectivity index (χ1) is 5.97. The zero-order valence-corrected chi connectivity index (χ0v) is 8.63. The summed E-state index contributed by atoms with van der Waals surface area (Å²) in [6.07, 6.45) is 0.840. The van der Waals surface area contributed by atoms with Crippen LogP contribution >= 0.6 is 0 Å². The Morgan fingerprint density at radius 2 is 2.31 bits per heavy atom. The van der Waals surface area contributed by atoms with Gasteiger partial charge in [0.1, 0.15) is 0 Å². The molecule has 76 valence electrons. The Bertz CT molecular complexity index is 203. The average molecular weight is 185 g/mol. The largest absolute Gasteiger partial charge is 0.334 e. The third kappa shape index (κ3) is 2.12. The molecule has 1 rings (SSSR count). The average Bonchev–Trinajstić information content (AvgIpc) is 2.30. The molecule has 4 heteroatoms. The van der Waals surface area contributed by atoms with Gasteiger partial charge in [0, 0.05) is 18.1 Å². The second-order valence-electron chi connectivity index (χ2n) is 4.31. The molecule has 0 radical (unpaired) electrons. The zero-order chi connectivity index (χ0) is 10.1. The Kier molecular flexibility index (Phi) is 2.81. The van der Waals surface area contributed by atoms with Gasteiger partial charge in [-0.1, -0.05) is 0 Å². The highest BCUT2D eigenvalue weighted by atomic mass is 16.2. The van der Waals surface area contributed by atoms with Crippen LogP contribution in [0.25, 0.3) is 0 Å². The second-order valence-corrected chi connectivity index (χ2v) is 4.31. The van der Waals surface area contributed by atoms with Crippen molar-refractivity contribution in [2.24, 2.45) is 5.73 Å². The van der Waals surface area contributed by atoms with E-state index in [1.54, 1.807) is 0 Å². The van der Waals surface area contributed by atoms with Gasteiger partial charge in [0.25, 0.3) is 0 Å². The minimum Gasteiger partial charge on any atom is -0.334 e. The number of nitrogens with zero attached hydrogens (tertiary/aromatic N) is 1. The van der Waals surface area contributed by atoms with Crippen LogP contribution in [0, 0.1) is 0 Å². The summed E-state index contributed by atoms with van der Waals surface area (Å²) in [4.78, 5) is 13.3. The Labute approximate surface area is 79.5 Å². The SMILES string of the molecule is CC1CN(C(C)(C)CCN)C(=O)N1. The van der Waals surface area contributed by atoms with Crippen molar-refractivity contribution in [3.63, 3.8) is 0 Å². The molecule has 4 nitrogen and oxygen atoms in total. The van der Waals surface area contributed by atoms with Crippen LogP contribution in [-0.2, 0) is 0 Å². The molecular weight excluding hydrogens is 166 g/mol. The summed E-state index contributed by atoms with van der Waals surface area (Å²) < 4.78 is 0. The van der Waals surface area contributed by atoms with Gasteiger partial charge in [-0.15, -0.1) is 0 Å². The fourth-order valence-electron chi connectivity index (χ4n) is 1.70. The van der Waals surface area contributed by atoms with Gasteiger partial charge in [0.2, 0.25) is 0 Å². The number of hydrogen-bond acceptors (Lipinski definition) is 2. The number of hydrogen-bond donors (Lipinski definition) is 2. The minimum atomic E-state index is -0.121. The van der Waals surface area contributed by atoms with Crippen LogP contribution in [0.15, 0.2) is 0 Å². The van der Waals surface area contributed by atoms with Gasteiger partial charge in [-0.05, 0) is 33.7 Å². The molecule has 0 bridgehead atoms. The van der Waals surface area contributed by atoms with Crippen LogP contribution in [-0.4, -0.2) is 35.6 Å². The van der Waals surface area contributed by atoms with Crippen LogP contribution in [0.2, 0.25) is 0 Å². The molecule has 1 atom stereocenters. The molecular formula is C9H19N3O. The molecule has 0 spiro atoms. The smallest absolute Gasteiger partial charge is 0.318 e. The molecule has 0 aliphatic carbocycles. The molecule has 0 aromatic heterocycles. The lowest BCUT2D eigenvalue weighted by Crippen LogP contribution is -2.46. The van der Waals surface area contributed by atoms with Gasteiger partial charge in [-0.2, -0.15) is 0 Å². The minimum absolute atomic E-state index is 0.0333. The maximum absolute atomic E-state index is 11.5. The zero-order valence-electron chi connectivity index (χ0n) is 8.63. The monoisotopic (exact) mass is 185 g/mol. The van der Waals surface area contributed by atoms with E-state index >= 15 is 0 Å². The molecule has 1 aliphatic rings. The third-order valence-electron chi connectivity index (χ3n) is 2.56. The predicted molar refractivity (Wildman–Crippen MR) is 52.5 cm³/mol. The molecule has 1 fully saturated rings. The van der Waals surface area contributed by atoms with Crippen molar-refractivity contribution in [2.45, 2.75) is 38.8 Å². The van der Waals surface area contributed by atoms with Crippen molar-refractivity contribution in [3.05, 3.63) is 0 Å². The Morgan fingerprint density at radius 3 is 2.69 bits per heavy atom. The molecule has 3 N–H and O–H groups in total. The molecule has 0 saturated carbocycles. The van der Waals surface area contributed by atoms with E-state index in [0.717, 1.165) is 13.0 Å². The van der Waals surface area contributed by atoms with E-state index in [1.807, 2.05) is 11.8 Å². The summed E-state index contributed by atoms with van der Waals surface area (Å²) in [7, 11) is 0.